The number of para-hydroxylation sites is 1. The highest BCUT2D eigenvalue weighted by Crippen LogP contribution is 2.51. The number of oxazole rings is 1. The fourth-order valence-electron chi connectivity index (χ4n) is 9.26. The molecule has 0 fully saturated rings. The summed E-state index contributed by atoms with van der Waals surface area (Å²) in [5.74, 6) is 1.48. The molecule has 0 saturated heterocycles. The standard InChI is InChI=1S/C55H32N2O2S/c1-2-10-34(11-3-1)55-56-53-44-27-26-40(43-16-9-17-45(52(43)44)54(53)59-55)36-12-8-13-38(30-36)57(39-25-28-49-46(32-39)41-14-4-6-18-48(41)58-49)37-23-20-33(21-24-37)35-22-29-51-47(31-35)42-15-5-7-19-50(42)60-51/h1-32H. The molecule has 13 rings (SSSR count). The Bertz CT molecular complexity index is 3640. The van der Waals surface area contributed by atoms with Gasteiger partial charge in [-0.3, -0.25) is 0 Å². The van der Waals surface area contributed by atoms with Crippen molar-refractivity contribution in [2.75, 3.05) is 4.90 Å². The maximum absolute atomic E-state index is 6.48. The molecule has 280 valence electrons. The Kier molecular flexibility index (Phi) is 7.14. The second kappa shape index (κ2) is 12.9. The lowest BCUT2D eigenvalue weighted by atomic mass is 9.94. The van der Waals surface area contributed by atoms with Gasteiger partial charge in [0.25, 0.3) is 0 Å². The first-order valence-corrected chi connectivity index (χ1v) is 21.0. The Hall–Kier alpha value is -7.73. The molecule has 0 atom stereocenters. The molecule has 1 aliphatic carbocycles. The summed E-state index contributed by atoms with van der Waals surface area (Å²) in [6, 6.07) is 69.3. The Morgan fingerprint density at radius 3 is 2.00 bits per heavy atom. The quantitative estimate of drug-likeness (QED) is 0.168. The molecule has 0 saturated carbocycles. The number of fused-ring (bicyclic) bond motifs is 9. The Labute approximate surface area is 348 Å². The Morgan fingerprint density at radius 1 is 0.383 bits per heavy atom. The van der Waals surface area contributed by atoms with Crippen molar-refractivity contribution in [2.24, 2.45) is 0 Å². The molecule has 0 unspecified atom stereocenters. The van der Waals surface area contributed by atoms with Crippen LogP contribution < -0.4 is 4.90 Å². The lowest BCUT2D eigenvalue weighted by Crippen LogP contribution is -2.10. The molecule has 0 amide bonds. The zero-order valence-corrected chi connectivity index (χ0v) is 32.9. The molecule has 3 aromatic heterocycles. The van der Waals surface area contributed by atoms with Gasteiger partial charge in [-0.1, -0.05) is 115 Å². The average molecular weight is 785 g/mol. The highest BCUT2D eigenvalue weighted by Gasteiger charge is 2.29. The molecule has 12 aromatic rings. The summed E-state index contributed by atoms with van der Waals surface area (Å²) in [4.78, 5) is 7.37. The predicted molar refractivity (Wildman–Crippen MR) is 250 cm³/mol. The maximum atomic E-state index is 6.48. The van der Waals surface area contributed by atoms with E-state index in [9.17, 15) is 0 Å². The van der Waals surface area contributed by atoms with E-state index < -0.39 is 0 Å². The first-order valence-electron chi connectivity index (χ1n) is 20.2. The van der Waals surface area contributed by atoms with Crippen LogP contribution in [0.5, 0.6) is 0 Å². The molecule has 0 aliphatic heterocycles. The van der Waals surface area contributed by atoms with E-state index in [0.717, 1.165) is 78.3 Å². The molecule has 0 bridgehead atoms. The van der Waals surface area contributed by atoms with Crippen LogP contribution in [0.1, 0.15) is 0 Å². The third kappa shape index (κ3) is 5.06. The van der Waals surface area contributed by atoms with E-state index in [1.807, 2.05) is 53.8 Å². The highest BCUT2D eigenvalue weighted by atomic mass is 32.1. The number of rotatable bonds is 6. The summed E-state index contributed by atoms with van der Waals surface area (Å²) < 4.78 is 15.4. The smallest absolute Gasteiger partial charge is 0.227 e. The zero-order chi connectivity index (χ0) is 39.3. The highest BCUT2D eigenvalue weighted by molar-refractivity contribution is 7.25. The van der Waals surface area contributed by atoms with Gasteiger partial charge >= 0.3 is 0 Å². The molecule has 60 heavy (non-hydrogen) atoms. The number of hydrogen-bond acceptors (Lipinski definition) is 5. The van der Waals surface area contributed by atoms with Crippen molar-refractivity contribution in [3.63, 3.8) is 0 Å². The second-order valence-electron chi connectivity index (χ2n) is 15.5. The van der Waals surface area contributed by atoms with Gasteiger partial charge in [0.1, 0.15) is 16.9 Å². The zero-order valence-electron chi connectivity index (χ0n) is 32.1. The largest absolute Gasteiger partial charge is 0.456 e. The van der Waals surface area contributed by atoms with Crippen molar-refractivity contribution in [1.29, 1.82) is 0 Å². The van der Waals surface area contributed by atoms with E-state index in [2.05, 4.69) is 157 Å². The number of anilines is 3. The van der Waals surface area contributed by atoms with Gasteiger partial charge in [0.15, 0.2) is 5.76 Å². The van der Waals surface area contributed by atoms with E-state index in [4.69, 9.17) is 13.8 Å². The molecular weight excluding hydrogens is 753 g/mol. The van der Waals surface area contributed by atoms with Crippen LogP contribution in [0.3, 0.4) is 0 Å². The number of nitrogens with zero attached hydrogens (tertiary/aromatic N) is 2. The summed E-state index contributed by atoms with van der Waals surface area (Å²) in [6.45, 7) is 0. The third-order valence-electron chi connectivity index (χ3n) is 12.1. The number of benzene rings is 9. The van der Waals surface area contributed by atoms with Crippen molar-refractivity contribution in [3.8, 4) is 56.3 Å². The van der Waals surface area contributed by atoms with Crippen LogP contribution in [0.2, 0.25) is 0 Å². The first-order chi connectivity index (χ1) is 29.7. The van der Waals surface area contributed by atoms with Gasteiger partial charge in [0.05, 0.1) is 0 Å². The molecule has 1 aliphatic rings. The van der Waals surface area contributed by atoms with E-state index in [1.54, 1.807) is 0 Å². The van der Waals surface area contributed by atoms with Gasteiger partial charge in [-0.25, -0.2) is 4.98 Å². The molecule has 0 radical (unpaired) electrons. The van der Waals surface area contributed by atoms with Crippen LogP contribution in [0.4, 0.5) is 17.1 Å². The van der Waals surface area contributed by atoms with Crippen molar-refractivity contribution < 1.29 is 8.83 Å². The fraction of sp³-hybridized carbons (Fsp3) is 0. The average Bonchev–Trinajstić information content (AvgIpc) is 4.08. The van der Waals surface area contributed by atoms with Gasteiger partial charge in [-0.05, 0) is 107 Å². The van der Waals surface area contributed by atoms with Crippen LogP contribution in [0.15, 0.2) is 203 Å². The van der Waals surface area contributed by atoms with Gasteiger partial charge < -0.3 is 13.7 Å². The summed E-state index contributed by atoms with van der Waals surface area (Å²) >= 11 is 1.85. The molecule has 4 nitrogen and oxygen atoms in total. The maximum Gasteiger partial charge on any atom is 0.227 e. The van der Waals surface area contributed by atoms with E-state index in [1.165, 1.54) is 42.1 Å². The van der Waals surface area contributed by atoms with Crippen LogP contribution in [0.25, 0.3) is 109 Å². The summed E-state index contributed by atoms with van der Waals surface area (Å²) in [7, 11) is 0. The van der Waals surface area contributed by atoms with Crippen LogP contribution in [-0.2, 0) is 0 Å². The van der Waals surface area contributed by atoms with Crippen LogP contribution >= 0.6 is 11.3 Å². The second-order valence-corrected chi connectivity index (χ2v) is 16.6. The SMILES string of the molecule is c1ccc(-c2nc3c(o2)-c2cccc4c(-c5cccc(N(c6ccc(-c7ccc8sc9ccccc9c8c7)cc6)c6ccc7oc8ccccc8c7c6)c5)ccc-3c24)cc1. The summed E-state index contributed by atoms with van der Waals surface area (Å²) in [6.07, 6.45) is 0. The summed E-state index contributed by atoms with van der Waals surface area (Å²) in [5.41, 5.74) is 13.7. The normalized spacial score (nSPS) is 12.0. The molecule has 0 spiro atoms. The molecule has 5 heteroatoms. The topological polar surface area (TPSA) is 42.4 Å². The van der Waals surface area contributed by atoms with Crippen molar-refractivity contribution in [1.82, 2.24) is 4.98 Å². The van der Waals surface area contributed by atoms with Crippen molar-refractivity contribution in [3.05, 3.63) is 194 Å². The summed E-state index contributed by atoms with van der Waals surface area (Å²) in [5, 5.41) is 7.16. The van der Waals surface area contributed by atoms with Gasteiger partial charge in [-0.15, -0.1) is 11.3 Å². The molecule has 3 heterocycles. The minimum absolute atomic E-state index is 0.645. The molecule has 0 N–H and O–H groups in total. The van der Waals surface area contributed by atoms with E-state index in [-0.39, 0.29) is 0 Å². The Morgan fingerprint density at radius 2 is 1.08 bits per heavy atom. The van der Waals surface area contributed by atoms with E-state index in [0.29, 0.717) is 5.89 Å². The number of furan rings is 1. The van der Waals surface area contributed by atoms with Gasteiger partial charge in [-0.2, -0.15) is 0 Å². The predicted octanol–water partition coefficient (Wildman–Crippen LogP) is 16.2. The minimum Gasteiger partial charge on any atom is -0.456 e. The molecular formula is C55H32N2O2S. The number of aromatic nitrogens is 1. The number of hydrogen-bond donors (Lipinski definition) is 0. The molecule has 9 aromatic carbocycles. The van der Waals surface area contributed by atoms with E-state index >= 15 is 0 Å². The lowest BCUT2D eigenvalue weighted by Gasteiger charge is -2.26. The Balaban J connectivity index is 0.933. The van der Waals surface area contributed by atoms with Gasteiger partial charge in [0.2, 0.25) is 5.89 Å². The first kappa shape index (κ1) is 33.3. The monoisotopic (exact) mass is 784 g/mol. The van der Waals surface area contributed by atoms with Crippen LogP contribution in [0, 0.1) is 0 Å². The van der Waals surface area contributed by atoms with Crippen LogP contribution in [-0.4, -0.2) is 4.98 Å². The van der Waals surface area contributed by atoms with Crippen molar-refractivity contribution in [2.45, 2.75) is 0 Å². The van der Waals surface area contributed by atoms with Crippen molar-refractivity contribution >= 4 is 81.3 Å². The minimum atomic E-state index is 0.645. The van der Waals surface area contributed by atoms with Gasteiger partial charge in [0, 0.05) is 70.1 Å². The third-order valence-corrected chi connectivity index (χ3v) is 13.2. The lowest BCUT2D eigenvalue weighted by molar-refractivity contribution is 0.590. The fourth-order valence-corrected chi connectivity index (χ4v) is 10.3. The number of thiophene rings is 1.